The molecule has 2 N–H and O–H groups in total. The van der Waals surface area contributed by atoms with Gasteiger partial charge in [0.25, 0.3) is 0 Å². The molecule has 1 aromatic heterocycles. The molecular weight excluding hydrogens is 264 g/mol. The molecule has 1 saturated carbocycles. The van der Waals surface area contributed by atoms with Gasteiger partial charge in [0.1, 0.15) is 16.4 Å². The van der Waals surface area contributed by atoms with Crippen LogP contribution in [0.4, 0.5) is 0 Å². The van der Waals surface area contributed by atoms with E-state index in [2.05, 4.69) is 0 Å². The van der Waals surface area contributed by atoms with Crippen LogP contribution in [0.2, 0.25) is 0 Å². The van der Waals surface area contributed by atoms with Gasteiger partial charge in [0.05, 0.1) is 0 Å². The lowest BCUT2D eigenvalue weighted by Gasteiger charge is -2.32. The Balaban J connectivity index is 2.22. The predicted molar refractivity (Wildman–Crippen MR) is 73.4 cm³/mol. The number of hydrogen-bond acceptors (Lipinski definition) is 4. The van der Waals surface area contributed by atoms with Gasteiger partial charge in [0, 0.05) is 19.1 Å². The van der Waals surface area contributed by atoms with Gasteiger partial charge in [-0.15, -0.1) is 0 Å². The van der Waals surface area contributed by atoms with Crippen LogP contribution >= 0.6 is 0 Å². The lowest BCUT2D eigenvalue weighted by molar-refractivity contribution is 0.268. The van der Waals surface area contributed by atoms with E-state index in [0.29, 0.717) is 11.5 Å². The molecule has 0 spiro atoms. The van der Waals surface area contributed by atoms with Crippen molar-refractivity contribution in [3.05, 3.63) is 17.6 Å². The summed E-state index contributed by atoms with van der Waals surface area (Å²) >= 11 is 0. The quantitative estimate of drug-likeness (QED) is 0.919. The predicted octanol–water partition coefficient (Wildman–Crippen LogP) is 1.79. The molecule has 2 rings (SSSR count). The van der Waals surface area contributed by atoms with E-state index >= 15 is 0 Å². The van der Waals surface area contributed by atoms with Gasteiger partial charge in [-0.05, 0) is 45.6 Å². The molecule has 1 fully saturated rings. The van der Waals surface area contributed by atoms with Crippen molar-refractivity contribution in [1.29, 1.82) is 0 Å². The second kappa shape index (κ2) is 5.26. The highest BCUT2D eigenvalue weighted by molar-refractivity contribution is 7.89. The van der Waals surface area contributed by atoms with Crippen LogP contribution in [0.5, 0.6) is 0 Å². The summed E-state index contributed by atoms with van der Waals surface area (Å²) in [5.41, 5.74) is 5.86. The van der Waals surface area contributed by atoms with Crippen molar-refractivity contribution < 1.29 is 12.8 Å². The molecular formula is C13H22N2O3S. The van der Waals surface area contributed by atoms with Gasteiger partial charge in [-0.2, -0.15) is 4.31 Å². The summed E-state index contributed by atoms with van der Waals surface area (Å²) in [6.45, 7) is 3.44. The van der Waals surface area contributed by atoms with Crippen LogP contribution in [0, 0.1) is 13.8 Å². The van der Waals surface area contributed by atoms with Crippen molar-refractivity contribution in [3.8, 4) is 0 Å². The highest BCUT2D eigenvalue weighted by Crippen LogP contribution is 2.28. The molecule has 0 amide bonds. The second-order valence-corrected chi connectivity index (χ2v) is 7.33. The minimum absolute atomic E-state index is 0.0411. The maximum atomic E-state index is 12.6. The molecule has 19 heavy (non-hydrogen) atoms. The van der Waals surface area contributed by atoms with E-state index in [9.17, 15) is 8.42 Å². The molecule has 108 valence electrons. The zero-order valence-corrected chi connectivity index (χ0v) is 12.5. The van der Waals surface area contributed by atoms with Gasteiger partial charge in [-0.25, -0.2) is 8.42 Å². The number of nitrogens with zero attached hydrogens (tertiary/aromatic N) is 1. The van der Waals surface area contributed by atoms with Gasteiger partial charge in [0.2, 0.25) is 10.0 Å². The van der Waals surface area contributed by atoms with E-state index in [1.807, 2.05) is 0 Å². The first-order valence-corrected chi connectivity index (χ1v) is 8.07. The van der Waals surface area contributed by atoms with E-state index in [-0.39, 0.29) is 17.0 Å². The Labute approximate surface area is 114 Å². The molecule has 0 unspecified atom stereocenters. The van der Waals surface area contributed by atoms with Crippen LogP contribution in [0.25, 0.3) is 0 Å². The van der Waals surface area contributed by atoms with Crippen LogP contribution in [0.3, 0.4) is 0 Å². The SMILES string of the molecule is Cc1cc(S(=O)(=O)N(C)C2CCC(N)CC2)c(C)o1. The summed E-state index contributed by atoms with van der Waals surface area (Å²) < 4.78 is 32.0. The third-order valence-corrected chi connectivity index (χ3v) is 5.93. The summed E-state index contributed by atoms with van der Waals surface area (Å²) in [5.74, 6) is 1.08. The number of aryl methyl sites for hydroxylation is 2. The summed E-state index contributed by atoms with van der Waals surface area (Å²) in [7, 11) is -1.82. The molecule has 1 aliphatic carbocycles. The smallest absolute Gasteiger partial charge is 0.246 e. The molecule has 0 aliphatic heterocycles. The van der Waals surface area contributed by atoms with E-state index in [1.165, 1.54) is 4.31 Å². The number of sulfonamides is 1. The van der Waals surface area contributed by atoms with E-state index in [4.69, 9.17) is 10.2 Å². The minimum Gasteiger partial charge on any atom is -0.465 e. The molecule has 1 aliphatic rings. The van der Waals surface area contributed by atoms with Gasteiger partial charge in [-0.1, -0.05) is 0 Å². The molecule has 0 bridgehead atoms. The van der Waals surface area contributed by atoms with Crippen molar-refractivity contribution in [3.63, 3.8) is 0 Å². The fourth-order valence-electron chi connectivity index (χ4n) is 2.68. The number of nitrogens with two attached hydrogens (primary N) is 1. The highest BCUT2D eigenvalue weighted by Gasteiger charge is 2.32. The second-order valence-electron chi connectivity index (χ2n) is 5.37. The standard InChI is InChI=1S/C13H22N2O3S/c1-9-8-13(10(2)18-9)19(16,17)15(3)12-6-4-11(14)5-7-12/h8,11-12H,4-7,14H2,1-3H3. The highest BCUT2D eigenvalue weighted by atomic mass is 32.2. The normalized spacial score (nSPS) is 24.9. The number of rotatable bonds is 3. The van der Waals surface area contributed by atoms with Crippen molar-refractivity contribution >= 4 is 10.0 Å². The van der Waals surface area contributed by atoms with Crippen molar-refractivity contribution in [2.24, 2.45) is 5.73 Å². The molecule has 0 saturated heterocycles. The Morgan fingerprint density at radius 3 is 2.32 bits per heavy atom. The summed E-state index contributed by atoms with van der Waals surface area (Å²) in [6.07, 6.45) is 3.42. The molecule has 1 aromatic rings. The van der Waals surface area contributed by atoms with Crippen LogP contribution in [-0.2, 0) is 10.0 Å². The maximum absolute atomic E-state index is 12.6. The Bertz CT molecular complexity index is 542. The first-order chi connectivity index (χ1) is 8.82. The Morgan fingerprint density at radius 1 is 1.26 bits per heavy atom. The first-order valence-electron chi connectivity index (χ1n) is 6.63. The van der Waals surface area contributed by atoms with Gasteiger partial charge in [0.15, 0.2) is 0 Å². The molecule has 6 heteroatoms. The monoisotopic (exact) mass is 286 g/mol. The van der Waals surface area contributed by atoms with E-state index < -0.39 is 10.0 Å². The summed E-state index contributed by atoms with van der Waals surface area (Å²) in [4.78, 5) is 0.280. The largest absolute Gasteiger partial charge is 0.465 e. The Kier molecular flexibility index (Phi) is 4.03. The zero-order valence-electron chi connectivity index (χ0n) is 11.7. The first kappa shape index (κ1) is 14.6. The topological polar surface area (TPSA) is 76.5 Å². The fraction of sp³-hybridized carbons (Fsp3) is 0.692. The summed E-state index contributed by atoms with van der Waals surface area (Å²) in [6, 6.07) is 1.85. The van der Waals surface area contributed by atoms with Crippen molar-refractivity contribution in [1.82, 2.24) is 4.31 Å². The van der Waals surface area contributed by atoms with Gasteiger partial charge < -0.3 is 10.2 Å². The van der Waals surface area contributed by atoms with Crippen molar-refractivity contribution in [2.75, 3.05) is 7.05 Å². The fourth-order valence-corrected chi connectivity index (χ4v) is 4.31. The third kappa shape index (κ3) is 2.85. The lowest BCUT2D eigenvalue weighted by atomic mass is 9.92. The Morgan fingerprint density at radius 2 is 1.84 bits per heavy atom. The van der Waals surface area contributed by atoms with Crippen LogP contribution < -0.4 is 5.73 Å². The molecule has 0 radical (unpaired) electrons. The van der Waals surface area contributed by atoms with Crippen LogP contribution in [0.15, 0.2) is 15.4 Å². The Hall–Kier alpha value is -0.850. The lowest BCUT2D eigenvalue weighted by Crippen LogP contribution is -2.41. The number of hydrogen-bond donors (Lipinski definition) is 1. The summed E-state index contributed by atoms with van der Waals surface area (Å²) in [5, 5.41) is 0. The third-order valence-electron chi connectivity index (χ3n) is 3.91. The zero-order chi connectivity index (χ0) is 14.2. The van der Waals surface area contributed by atoms with Crippen LogP contribution in [0.1, 0.15) is 37.2 Å². The molecule has 5 nitrogen and oxygen atoms in total. The average Bonchev–Trinajstić information content (AvgIpc) is 2.69. The van der Waals surface area contributed by atoms with Crippen LogP contribution in [-0.4, -0.2) is 31.9 Å². The van der Waals surface area contributed by atoms with E-state index in [1.54, 1.807) is 27.0 Å². The number of furan rings is 1. The van der Waals surface area contributed by atoms with Gasteiger partial charge >= 0.3 is 0 Å². The van der Waals surface area contributed by atoms with Crippen molar-refractivity contribution in [2.45, 2.75) is 56.5 Å². The average molecular weight is 286 g/mol. The minimum atomic E-state index is -3.47. The maximum Gasteiger partial charge on any atom is 0.246 e. The molecule has 0 atom stereocenters. The van der Waals surface area contributed by atoms with E-state index in [0.717, 1.165) is 25.7 Å². The molecule has 1 heterocycles. The molecule has 0 aromatic carbocycles. The van der Waals surface area contributed by atoms with Gasteiger partial charge in [-0.3, -0.25) is 0 Å².